The fraction of sp³-hybridized carbons (Fsp3) is 0.312. The van der Waals surface area contributed by atoms with Gasteiger partial charge in [-0.05, 0) is 38.0 Å². The number of benzene rings is 1. The Bertz CT molecular complexity index is 655. The largest absolute Gasteiger partial charge is 0.477 e. The molecule has 1 aromatic carbocycles. The van der Waals surface area contributed by atoms with E-state index < -0.39 is 0 Å². The topological polar surface area (TPSA) is 55.3 Å². The van der Waals surface area contributed by atoms with Gasteiger partial charge in [-0.3, -0.25) is 4.79 Å². The number of carbonyl (C=O) groups excluding carboxylic acids is 1. The molecule has 1 atom stereocenters. The molecule has 3 rings (SSSR count). The molecule has 1 aliphatic rings. The molecule has 0 radical (unpaired) electrons. The fourth-order valence-corrected chi connectivity index (χ4v) is 2.66. The minimum absolute atomic E-state index is 0.122. The van der Waals surface area contributed by atoms with Crippen LogP contribution in [0.3, 0.4) is 0 Å². The zero-order valence-electron chi connectivity index (χ0n) is 12.1. The van der Waals surface area contributed by atoms with Crippen molar-refractivity contribution < 1.29 is 9.53 Å². The molecule has 0 fully saturated rings. The van der Waals surface area contributed by atoms with Gasteiger partial charge >= 0.3 is 0 Å². The third-order valence-corrected chi connectivity index (χ3v) is 3.58. The summed E-state index contributed by atoms with van der Waals surface area (Å²) in [5, 5.41) is 7.91. The first-order chi connectivity index (χ1) is 10.2. The van der Waals surface area contributed by atoms with E-state index in [2.05, 4.69) is 16.3 Å². The number of nitrogens with zero attached hydrogens (tertiary/aromatic N) is 3. The van der Waals surface area contributed by atoms with E-state index >= 15 is 0 Å². The summed E-state index contributed by atoms with van der Waals surface area (Å²) >= 11 is 0. The highest BCUT2D eigenvalue weighted by Gasteiger charge is 2.31. The van der Waals surface area contributed by atoms with Gasteiger partial charge in [0.25, 0.3) is 5.91 Å². The quantitative estimate of drug-likeness (QED) is 0.868. The standard InChI is InChI=1S/C16H17N3O2/c1-3-21-15-9-8-13(17-18-15)16(20)19-11(2)10-12-6-4-5-7-14(12)19/h4-9,11H,3,10H2,1-2H3/t11-/m0/s1. The number of rotatable bonds is 3. The number of para-hydroxylation sites is 1. The summed E-state index contributed by atoms with van der Waals surface area (Å²) in [6.45, 7) is 4.45. The third kappa shape index (κ3) is 2.46. The minimum Gasteiger partial charge on any atom is -0.477 e. The highest BCUT2D eigenvalue weighted by atomic mass is 16.5. The molecule has 1 amide bonds. The Labute approximate surface area is 123 Å². The molecule has 0 aliphatic carbocycles. The highest BCUT2D eigenvalue weighted by Crippen LogP contribution is 2.32. The van der Waals surface area contributed by atoms with Crippen LogP contribution in [0.15, 0.2) is 36.4 Å². The van der Waals surface area contributed by atoms with E-state index in [1.54, 1.807) is 17.0 Å². The SMILES string of the molecule is CCOc1ccc(C(=O)N2c3ccccc3C[C@@H]2C)nn1. The van der Waals surface area contributed by atoms with Crippen LogP contribution < -0.4 is 9.64 Å². The van der Waals surface area contributed by atoms with E-state index in [0.717, 1.165) is 12.1 Å². The van der Waals surface area contributed by atoms with E-state index in [4.69, 9.17) is 4.74 Å². The Balaban J connectivity index is 1.88. The molecule has 5 nitrogen and oxygen atoms in total. The Morgan fingerprint density at radius 2 is 2.10 bits per heavy atom. The van der Waals surface area contributed by atoms with Crippen molar-refractivity contribution in [2.75, 3.05) is 11.5 Å². The maximum atomic E-state index is 12.7. The number of hydrogen-bond donors (Lipinski definition) is 0. The van der Waals surface area contributed by atoms with Gasteiger partial charge in [0.05, 0.1) is 6.61 Å². The Kier molecular flexibility index (Phi) is 3.56. The van der Waals surface area contributed by atoms with Crippen LogP contribution in [0.1, 0.15) is 29.9 Å². The van der Waals surface area contributed by atoms with Gasteiger partial charge in [0.1, 0.15) is 0 Å². The highest BCUT2D eigenvalue weighted by molar-refractivity contribution is 6.06. The maximum absolute atomic E-state index is 12.7. The van der Waals surface area contributed by atoms with Crippen molar-refractivity contribution >= 4 is 11.6 Å². The monoisotopic (exact) mass is 283 g/mol. The summed E-state index contributed by atoms with van der Waals surface area (Å²) < 4.78 is 5.24. The Morgan fingerprint density at radius 3 is 2.81 bits per heavy atom. The van der Waals surface area contributed by atoms with E-state index in [9.17, 15) is 4.79 Å². The lowest BCUT2D eigenvalue weighted by atomic mass is 10.1. The molecule has 0 unspecified atom stereocenters. The molecule has 1 aromatic heterocycles. The minimum atomic E-state index is -0.122. The summed E-state index contributed by atoms with van der Waals surface area (Å²) in [5.41, 5.74) is 2.49. The van der Waals surface area contributed by atoms with Gasteiger partial charge in [-0.2, -0.15) is 0 Å². The first kappa shape index (κ1) is 13.5. The lowest BCUT2D eigenvalue weighted by molar-refractivity contribution is 0.0975. The van der Waals surface area contributed by atoms with Crippen LogP contribution in [0, 0.1) is 0 Å². The Hall–Kier alpha value is -2.43. The van der Waals surface area contributed by atoms with Crippen LogP contribution in [-0.4, -0.2) is 28.8 Å². The fourth-order valence-electron chi connectivity index (χ4n) is 2.66. The molecule has 2 aromatic rings. The molecular weight excluding hydrogens is 266 g/mol. The molecule has 0 bridgehead atoms. The van der Waals surface area contributed by atoms with Crippen molar-refractivity contribution in [3.8, 4) is 5.88 Å². The van der Waals surface area contributed by atoms with Gasteiger partial charge in [-0.1, -0.05) is 18.2 Å². The van der Waals surface area contributed by atoms with E-state index in [0.29, 0.717) is 18.2 Å². The van der Waals surface area contributed by atoms with Gasteiger partial charge in [-0.15, -0.1) is 10.2 Å². The van der Waals surface area contributed by atoms with Gasteiger partial charge in [0.2, 0.25) is 5.88 Å². The average molecular weight is 283 g/mol. The van der Waals surface area contributed by atoms with Gasteiger partial charge in [0.15, 0.2) is 5.69 Å². The lowest BCUT2D eigenvalue weighted by Crippen LogP contribution is -2.36. The molecule has 1 aliphatic heterocycles. The van der Waals surface area contributed by atoms with E-state index in [-0.39, 0.29) is 11.9 Å². The predicted octanol–water partition coefficient (Wildman–Crippen LogP) is 2.47. The zero-order valence-corrected chi connectivity index (χ0v) is 12.1. The van der Waals surface area contributed by atoms with Crippen molar-refractivity contribution in [2.45, 2.75) is 26.3 Å². The molecule has 0 spiro atoms. The maximum Gasteiger partial charge on any atom is 0.279 e. The molecule has 5 heteroatoms. The zero-order chi connectivity index (χ0) is 14.8. The molecule has 108 valence electrons. The second-order valence-electron chi connectivity index (χ2n) is 5.05. The molecule has 2 heterocycles. The summed E-state index contributed by atoms with van der Waals surface area (Å²) in [6.07, 6.45) is 0.867. The molecular formula is C16H17N3O2. The third-order valence-electron chi connectivity index (χ3n) is 3.58. The van der Waals surface area contributed by atoms with Crippen LogP contribution >= 0.6 is 0 Å². The molecule has 0 N–H and O–H groups in total. The van der Waals surface area contributed by atoms with Crippen LogP contribution in [0.2, 0.25) is 0 Å². The van der Waals surface area contributed by atoms with Gasteiger partial charge < -0.3 is 9.64 Å². The van der Waals surface area contributed by atoms with E-state index in [1.807, 2.05) is 32.0 Å². The smallest absolute Gasteiger partial charge is 0.279 e. The number of hydrogen-bond acceptors (Lipinski definition) is 4. The number of carbonyl (C=O) groups is 1. The predicted molar refractivity (Wildman–Crippen MR) is 79.6 cm³/mol. The van der Waals surface area contributed by atoms with Crippen molar-refractivity contribution in [1.29, 1.82) is 0 Å². The van der Waals surface area contributed by atoms with Crippen LogP contribution in [0.5, 0.6) is 5.88 Å². The number of fused-ring (bicyclic) bond motifs is 1. The summed E-state index contributed by atoms with van der Waals surface area (Å²) in [4.78, 5) is 14.5. The van der Waals surface area contributed by atoms with Crippen molar-refractivity contribution in [2.24, 2.45) is 0 Å². The summed E-state index contributed by atoms with van der Waals surface area (Å²) in [5.74, 6) is 0.312. The first-order valence-electron chi connectivity index (χ1n) is 7.08. The van der Waals surface area contributed by atoms with E-state index in [1.165, 1.54) is 5.56 Å². The second kappa shape index (κ2) is 5.52. The van der Waals surface area contributed by atoms with Crippen LogP contribution in [0.25, 0.3) is 0 Å². The van der Waals surface area contributed by atoms with Crippen molar-refractivity contribution in [3.63, 3.8) is 0 Å². The second-order valence-corrected chi connectivity index (χ2v) is 5.05. The van der Waals surface area contributed by atoms with Crippen LogP contribution in [-0.2, 0) is 6.42 Å². The lowest BCUT2D eigenvalue weighted by Gasteiger charge is -2.22. The summed E-state index contributed by atoms with van der Waals surface area (Å²) in [7, 11) is 0. The molecule has 0 saturated heterocycles. The number of aromatic nitrogens is 2. The number of anilines is 1. The Morgan fingerprint density at radius 1 is 1.29 bits per heavy atom. The van der Waals surface area contributed by atoms with Crippen molar-refractivity contribution in [3.05, 3.63) is 47.7 Å². The van der Waals surface area contributed by atoms with Gasteiger partial charge in [-0.25, -0.2) is 0 Å². The molecule has 21 heavy (non-hydrogen) atoms. The van der Waals surface area contributed by atoms with Gasteiger partial charge in [0, 0.05) is 17.8 Å². The average Bonchev–Trinajstić information content (AvgIpc) is 2.83. The normalized spacial score (nSPS) is 16.7. The first-order valence-corrected chi connectivity index (χ1v) is 7.08. The number of amides is 1. The molecule has 0 saturated carbocycles. The summed E-state index contributed by atoms with van der Waals surface area (Å²) in [6, 6.07) is 11.4. The number of ether oxygens (including phenoxy) is 1. The van der Waals surface area contributed by atoms with Crippen molar-refractivity contribution in [1.82, 2.24) is 10.2 Å². The van der Waals surface area contributed by atoms with Crippen LogP contribution in [0.4, 0.5) is 5.69 Å².